The third-order valence-corrected chi connectivity index (χ3v) is 5.82. The Kier molecular flexibility index (Phi) is 8.43. The largest absolute Gasteiger partial charge is 0.393 e. The number of halogens is 1. The number of tetrazole rings is 1. The molecule has 2 N–H and O–H groups in total. The average molecular weight is 420 g/mol. The van der Waals surface area contributed by atoms with Gasteiger partial charge in [-0.3, -0.25) is 4.79 Å². The van der Waals surface area contributed by atoms with Crippen LogP contribution in [0.2, 0.25) is 5.02 Å². The Morgan fingerprint density at radius 2 is 2.14 bits per heavy atom. The van der Waals surface area contributed by atoms with Crippen LogP contribution < -0.4 is 0 Å². The fourth-order valence-corrected chi connectivity index (χ4v) is 4.24. The molecule has 1 saturated heterocycles. The van der Waals surface area contributed by atoms with Crippen LogP contribution in [-0.4, -0.2) is 55.2 Å². The molecule has 3 rings (SSSR count). The molecule has 1 fully saturated rings. The van der Waals surface area contributed by atoms with Crippen LogP contribution in [-0.2, 0) is 17.6 Å². The first-order valence-corrected chi connectivity index (χ1v) is 10.9. The zero-order chi connectivity index (χ0) is 20.5. The van der Waals surface area contributed by atoms with Gasteiger partial charge in [0.15, 0.2) is 5.82 Å². The summed E-state index contributed by atoms with van der Waals surface area (Å²) >= 11 is 6.01. The van der Waals surface area contributed by atoms with E-state index in [0.717, 1.165) is 62.9 Å². The van der Waals surface area contributed by atoms with Gasteiger partial charge in [-0.2, -0.15) is 5.21 Å². The number of H-pyrrole nitrogens is 1. The summed E-state index contributed by atoms with van der Waals surface area (Å²) in [6.45, 7) is 0.816. The van der Waals surface area contributed by atoms with E-state index in [1.54, 1.807) is 0 Å². The molecule has 29 heavy (non-hydrogen) atoms. The summed E-state index contributed by atoms with van der Waals surface area (Å²) in [4.78, 5) is 14.3. The second-order valence-electron chi connectivity index (χ2n) is 7.84. The van der Waals surface area contributed by atoms with E-state index in [-0.39, 0.29) is 11.9 Å². The second-order valence-corrected chi connectivity index (χ2v) is 8.27. The highest BCUT2D eigenvalue weighted by atomic mass is 35.5. The number of aryl methyl sites for hydroxylation is 1. The maximum atomic E-state index is 12.3. The third kappa shape index (κ3) is 7.08. The summed E-state index contributed by atoms with van der Waals surface area (Å²) in [7, 11) is 0. The number of nitrogens with zero attached hydrogens (tertiary/aromatic N) is 4. The van der Waals surface area contributed by atoms with Gasteiger partial charge in [0, 0.05) is 30.5 Å². The van der Waals surface area contributed by atoms with E-state index in [0.29, 0.717) is 24.3 Å². The number of aliphatic hydroxyl groups is 1. The predicted octanol–water partition coefficient (Wildman–Crippen LogP) is 3.33. The van der Waals surface area contributed by atoms with Crippen LogP contribution in [0.4, 0.5) is 0 Å². The fraction of sp³-hybridized carbons (Fsp3) is 0.619. The lowest BCUT2D eigenvalue weighted by Crippen LogP contribution is -2.34. The normalized spacial score (nSPS) is 17.8. The molecule has 1 aromatic heterocycles. The van der Waals surface area contributed by atoms with Crippen molar-refractivity contribution in [2.24, 2.45) is 0 Å². The van der Waals surface area contributed by atoms with Crippen molar-refractivity contribution in [1.29, 1.82) is 0 Å². The Bertz CT molecular complexity index is 755. The quantitative estimate of drug-likeness (QED) is 0.514. The number of aliphatic hydroxyl groups excluding tert-OH is 1. The second kappa shape index (κ2) is 11.3. The van der Waals surface area contributed by atoms with Crippen molar-refractivity contribution >= 4 is 17.5 Å². The minimum absolute atomic E-state index is 0.256. The number of benzene rings is 1. The van der Waals surface area contributed by atoms with Gasteiger partial charge in [-0.25, -0.2) is 0 Å². The maximum Gasteiger partial charge on any atom is 0.222 e. The summed E-state index contributed by atoms with van der Waals surface area (Å²) in [6.07, 6.45) is 8.35. The standard InChI is InChI=1S/C21H30ClN5O2/c22-17-7-5-6-16(14-17)15-19(28)11-9-18-10-12-21(29)27(18)13-4-2-1-3-8-20-23-25-26-24-20/h5-7,14,18-19,28H,1-4,8-13,15H2,(H,23,24,25,26)/t18-,19?/m0/s1. The molecular formula is C21H30ClN5O2. The highest BCUT2D eigenvalue weighted by molar-refractivity contribution is 6.30. The summed E-state index contributed by atoms with van der Waals surface area (Å²) in [5.74, 6) is 1.02. The van der Waals surface area contributed by atoms with Gasteiger partial charge in [0.2, 0.25) is 5.91 Å². The molecular weight excluding hydrogens is 390 g/mol. The number of aromatic amines is 1. The Morgan fingerprint density at radius 3 is 2.93 bits per heavy atom. The maximum absolute atomic E-state index is 12.3. The van der Waals surface area contributed by atoms with Crippen molar-refractivity contribution in [2.45, 2.75) is 76.4 Å². The van der Waals surface area contributed by atoms with Crippen molar-refractivity contribution in [3.63, 3.8) is 0 Å². The first kappa shape index (κ1) is 21.7. The smallest absolute Gasteiger partial charge is 0.222 e. The number of amides is 1. The number of carbonyl (C=O) groups is 1. The van der Waals surface area contributed by atoms with Crippen LogP contribution in [0.15, 0.2) is 24.3 Å². The first-order valence-electron chi connectivity index (χ1n) is 10.6. The average Bonchev–Trinajstić information content (AvgIpc) is 3.33. The van der Waals surface area contributed by atoms with Gasteiger partial charge in [-0.1, -0.05) is 41.8 Å². The number of nitrogens with one attached hydrogen (secondary N) is 1. The van der Waals surface area contributed by atoms with Crippen LogP contribution in [0.25, 0.3) is 0 Å². The molecule has 0 saturated carbocycles. The van der Waals surface area contributed by atoms with E-state index < -0.39 is 6.10 Å². The lowest BCUT2D eigenvalue weighted by Gasteiger charge is -2.26. The summed E-state index contributed by atoms with van der Waals surface area (Å²) in [5, 5.41) is 25.0. The van der Waals surface area contributed by atoms with Gasteiger partial charge in [-0.15, -0.1) is 10.2 Å². The number of aromatic nitrogens is 4. The zero-order valence-electron chi connectivity index (χ0n) is 16.8. The van der Waals surface area contributed by atoms with Gasteiger partial charge >= 0.3 is 0 Å². The number of rotatable bonds is 12. The monoisotopic (exact) mass is 419 g/mol. The molecule has 2 atom stereocenters. The summed E-state index contributed by atoms with van der Waals surface area (Å²) in [5.41, 5.74) is 1.05. The van der Waals surface area contributed by atoms with Gasteiger partial charge in [0.05, 0.1) is 6.10 Å². The van der Waals surface area contributed by atoms with E-state index in [2.05, 4.69) is 20.6 Å². The minimum atomic E-state index is -0.406. The fourth-order valence-electron chi connectivity index (χ4n) is 4.03. The van der Waals surface area contributed by atoms with Crippen molar-refractivity contribution in [3.8, 4) is 0 Å². The number of hydrogen-bond donors (Lipinski definition) is 2. The molecule has 158 valence electrons. The topological polar surface area (TPSA) is 95.0 Å². The number of hydrogen-bond acceptors (Lipinski definition) is 5. The molecule has 1 aromatic carbocycles. The molecule has 0 aliphatic carbocycles. The zero-order valence-corrected chi connectivity index (χ0v) is 17.5. The van der Waals surface area contributed by atoms with Crippen LogP contribution >= 0.6 is 11.6 Å². The van der Waals surface area contributed by atoms with Gasteiger partial charge < -0.3 is 10.0 Å². The van der Waals surface area contributed by atoms with Gasteiger partial charge in [0.25, 0.3) is 0 Å². The van der Waals surface area contributed by atoms with Gasteiger partial charge in [-0.05, 0) is 56.2 Å². The van der Waals surface area contributed by atoms with Crippen molar-refractivity contribution in [1.82, 2.24) is 25.5 Å². The van der Waals surface area contributed by atoms with Crippen LogP contribution in [0.1, 0.15) is 62.8 Å². The highest BCUT2D eigenvalue weighted by Gasteiger charge is 2.30. The lowest BCUT2D eigenvalue weighted by atomic mass is 10.0. The first-order chi connectivity index (χ1) is 14.1. The van der Waals surface area contributed by atoms with E-state index in [1.165, 1.54) is 0 Å². The highest BCUT2D eigenvalue weighted by Crippen LogP contribution is 2.25. The molecule has 1 aliphatic heterocycles. The molecule has 2 heterocycles. The molecule has 0 radical (unpaired) electrons. The van der Waals surface area contributed by atoms with E-state index in [4.69, 9.17) is 11.6 Å². The molecule has 8 heteroatoms. The predicted molar refractivity (Wildman–Crippen MR) is 111 cm³/mol. The Hall–Kier alpha value is -1.99. The van der Waals surface area contributed by atoms with Crippen molar-refractivity contribution < 1.29 is 9.90 Å². The summed E-state index contributed by atoms with van der Waals surface area (Å²) in [6, 6.07) is 7.89. The molecule has 1 aliphatic rings. The van der Waals surface area contributed by atoms with E-state index in [1.807, 2.05) is 29.2 Å². The number of likely N-dealkylation sites (tertiary alicyclic amines) is 1. The van der Waals surface area contributed by atoms with Crippen LogP contribution in [0.3, 0.4) is 0 Å². The lowest BCUT2D eigenvalue weighted by molar-refractivity contribution is -0.129. The number of carbonyl (C=O) groups excluding carboxylic acids is 1. The number of unbranched alkanes of at least 4 members (excludes halogenated alkanes) is 3. The van der Waals surface area contributed by atoms with Gasteiger partial charge in [0.1, 0.15) is 0 Å². The van der Waals surface area contributed by atoms with E-state index in [9.17, 15) is 9.90 Å². The third-order valence-electron chi connectivity index (χ3n) is 5.58. The van der Waals surface area contributed by atoms with E-state index >= 15 is 0 Å². The van der Waals surface area contributed by atoms with Crippen molar-refractivity contribution in [3.05, 3.63) is 40.7 Å². The molecule has 1 amide bonds. The molecule has 7 nitrogen and oxygen atoms in total. The summed E-state index contributed by atoms with van der Waals surface area (Å²) < 4.78 is 0. The van der Waals surface area contributed by atoms with Crippen LogP contribution in [0.5, 0.6) is 0 Å². The van der Waals surface area contributed by atoms with Crippen molar-refractivity contribution in [2.75, 3.05) is 6.54 Å². The molecule has 0 spiro atoms. The Labute approximate surface area is 176 Å². The van der Waals surface area contributed by atoms with Crippen LogP contribution in [0, 0.1) is 0 Å². The molecule has 1 unspecified atom stereocenters. The SMILES string of the molecule is O=C1CC[C@H](CCC(O)Cc2cccc(Cl)c2)N1CCCCCCc1nn[nH]n1. The molecule has 0 bridgehead atoms. The Morgan fingerprint density at radius 1 is 1.28 bits per heavy atom. The minimum Gasteiger partial charge on any atom is -0.393 e. The molecule has 2 aromatic rings. The Balaban J connectivity index is 1.33.